The molecule has 33 heavy (non-hydrogen) atoms. The van der Waals surface area contributed by atoms with E-state index in [-0.39, 0.29) is 18.0 Å². The van der Waals surface area contributed by atoms with Gasteiger partial charge in [0.1, 0.15) is 18.1 Å². The van der Waals surface area contributed by atoms with Crippen LogP contribution in [0.4, 0.5) is 5.69 Å². The van der Waals surface area contributed by atoms with E-state index in [4.69, 9.17) is 10.00 Å². The van der Waals surface area contributed by atoms with E-state index in [9.17, 15) is 18.6 Å². The third kappa shape index (κ3) is 7.22. The number of benzene rings is 3. The molecular weight excluding hydrogens is 442 g/mol. The van der Waals surface area contributed by atoms with Gasteiger partial charge in [0.05, 0.1) is 29.7 Å². The van der Waals surface area contributed by atoms with Gasteiger partial charge in [0.25, 0.3) is 0 Å². The standard InChI is InChI=1S/C24H25N3O5S/c1-33(30,31)27-22-14-20(7-10-23(22)28)24(29)16-26-11-12-32-21-8-5-18(6-9-21)19-4-2-3-17(13-19)15-25/h2-10,13-14,24,26-29H,11-12,16H2,1H3. The Morgan fingerprint density at radius 2 is 1.82 bits per heavy atom. The molecule has 4 N–H and O–H groups in total. The molecule has 1 atom stereocenters. The number of aliphatic hydroxyl groups is 1. The first-order valence-corrected chi connectivity index (χ1v) is 12.1. The summed E-state index contributed by atoms with van der Waals surface area (Å²) >= 11 is 0. The van der Waals surface area contributed by atoms with E-state index in [1.807, 2.05) is 42.5 Å². The zero-order chi connectivity index (χ0) is 23.8. The molecular formula is C24H25N3O5S. The second-order valence-electron chi connectivity index (χ2n) is 7.44. The molecule has 0 aliphatic carbocycles. The molecule has 1 unspecified atom stereocenters. The summed E-state index contributed by atoms with van der Waals surface area (Å²) < 4.78 is 30.7. The van der Waals surface area contributed by atoms with Crippen LogP contribution in [0.1, 0.15) is 17.2 Å². The Morgan fingerprint density at radius 1 is 1.06 bits per heavy atom. The number of phenols is 1. The molecule has 3 aromatic carbocycles. The zero-order valence-electron chi connectivity index (χ0n) is 18.0. The van der Waals surface area contributed by atoms with Crippen LogP contribution in [0.15, 0.2) is 66.7 Å². The molecule has 0 aliphatic rings. The molecule has 0 heterocycles. The second kappa shape index (κ2) is 10.8. The molecule has 0 aromatic heterocycles. The van der Waals surface area contributed by atoms with E-state index in [2.05, 4.69) is 16.1 Å². The molecule has 0 saturated heterocycles. The van der Waals surface area contributed by atoms with Crippen molar-refractivity contribution in [2.75, 3.05) is 30.7 Å². The Kier molecular flexibility index (Phi) is 7.90. The van der Waals surface area contributed by atoms with Crippen molar-refractivity contribution in [1.29, 1.82) is 5.26 Å². The highest BCUT2D eigenvalue weighted by Gasteiger charge is 2.13. The summed E-state index contributed by atoms with van der Waals surface area (Å²) in [4.78, 5) is 0. The smallest absolute Gasteiger partial charge is 0.229 e. The van der Waals surface area contributed by atoms with Crippen molar-refractivity contribution in [2.24, 2.45) is 0 Å². The minimum atomic E-state index is -3.55. The summed E-state index contributed by atoms with van der Waals surface area (Å²) in [5.74, 6) is 0.481. The first-order valence-electron chi connectivity index (χ1n) is 10.2. The van der Waals surface area contributed by atoms with Crippen LogP contribution in [0.2, 0.25) is 0 Å². The topological polar surface area (TPSA) is 132 Å². The molecule has 9 heteroatoms. The molecule has 0 bridgehead atoms. The molecule has 3 rings (SSSR count). The molecule has 8 nitrogen and oxygen atoms in total. The minimum absolute atomic E-state index is 0.0141. The zero-order valence-corrected chi connectivity index (χ0v) is 18.8. The lowest BCUT2D eigenvalue weighted by molar-refractivity contribution is 0.172. The molecule has 0 fully saturated rings. The number of ether oxygens (including phenoxy) is 1. The fourth-order valence-electron chi connectivity index (χ4n) is 3.15. The lowest BCUT2D eigenvalue weighted by Crippen LogP contribution is -2.26. The molecule has 172 valence electrons. The maximum atomic E-state index is 11.4. The predicted octanol–water partition coefficient (Wildman–Crippen LogP) is 3.00. The lowest BCUT2D eigenvalue weighted by Gasteiger charge is -2.15. The molecule has 0 saturated carbocycles. The van der Waals surface area contributed by atoms with Gasteiger partial charge in [-0.1, -0.05) is 30.3 Å². The summed E-state index contributed by atoms with van der Waals surface area (Å²) in [6.07, 6.45) is 0.0887. The number of anilines is 1. The average Bonchev–Trinajstić information content (AvgIpc) is 2.79. The number of hydrogen-bond donors (Lipinski definition) is 4. The monoisotopic (exact) mass is 467 g/mol. The number of hydrogen-bond acceptors (Lipinski definition) is 7. The van der Waals surface area contributed by atoms with Gasteiger partial charge in [0, 0.05) is 13.1 Å². The quantitative estimate of drug-likeness (QED) is 0.266. The second-order valence-corrected chi connectivity index (χ2v) is 9.18. The van der Waals surface area contributed by atoms with Crippen LogP contribution in [0.5, 0.6) is 11.5 Å². The lowest BCUT2D eigenvalue weighted by atomic mass is 10.0. The highest BCUT2D eigenvalue weighted by Crippen LogP contribution is 2.28. The fraction of sp³-hybridized carbons (Fsp3) is 0.208. The maximum absolute atomic E-state index is 11.4. The van der Waals surface area contributed by atoms with Crippen LogP contribution < -0.4 is 14.8 Å². The van der Waals surface area contributed by atoms with Crippen molar-refractivity contribution in [3.8, 4) is 28.7 Å². The van der Waals surface area contributed by atoms with Crippen LogP contribution in [0.25, 0.3) is 11.1 Å². The first kappa shape index (κ1) is 24.1. The van der Waals surface area contributed by atoms with Crippen molar-refractivity contribution in [3.05, 3.63) is 77.9 Å². The number of nitrogens with zero attached hydrogens (tertiary/aromatic N) is 1. The number of rotatable bonds is 10. The van der Waals surface area contributed by atoms with Crippen LogP contribution in [-0.4, -0.2) is 44.6 Å². The van der Waals surface area contributed by atoms with Gasteiger partial charge >= 0.3 is 0 Å². The van der Waals surface area contributed by atoms with Gasteiger partial charge < -0.3 is 20.3 Å². The van der Waals surface area contributed by atoms with Gasteiger partial charge in [-0.25, -0.2) is 8.42 Å². The predicted molar refractivity (Wildman–Crippen MR) is 126 cm³/mol. The van der Waals surface area contributed by atoms with E-state index in [0.29, 0.717) is 30.0 Å². The molecule has 0 amide bonds. The number of aliphatic hydroxyl groups excluding tert-OH is 1. The molecule has 0 radical (unpaired) electrons. The van der Waals surface area contributed by atoms with Gasteiger partial charge in [-0.15, -0.1) is 0 Å². The van der Waals surface area contributed by atoms with Gasteiger partial charge in [0.2, 0.25) is 10.0 Å². The Morgan fingerprint density at radius 3 is 2.52 bits per heavy atom. The third-order valence-electron chi connectivity index (χ3n) is 4.77. The van der Waals surface area contributed by atoms with Crippen molar-refractivity contribution < 1.29 is 23.4 Å². The van der Waals surface area contributed by atoms with E-state index >= 15 is 0 Å². The molecule has 0 aliphatic heterocycles. The summed E-state index contributed by atoms with van der Waals surface area (Å²) in [6.45, 7) is 1.09. The largest absolute Gasteiger partial charge is 0.506 e. The van der Waals surface area contributed by atoms with Gasteiger partial charge in [-0.3, -0.25) is 4.72 Å². The average molecular weight is 468 g/mol. The van der Waals surface area contributed by atoms with Crippen molar-refractivity contribution in [2.45, 2.75) is 6.10 Å². The minimum Gasteiger partial charge on any atom is -0.506 e. The number of nitriles is 1. The Bertz CT molecular complexity index is 1240. The Labute approximate surface area is 193 Å². The van der Waals surface area contributed by atoms with Gasteiger partial charge in [0.15, 0.2) is 0 Å². The van der Waals surface area contributed by atoms with Gasteiger partial charge in [-0.05, 0) is 53.1 Å². The first-order chi connectivity index (χ1) is 15.7. The summed E-state index contributed by atoms with van der Waals surface area (Å²) in [5.41, 5.74) is 3.03. The highest BCUT2D eigenvalue weighted by atomic mass is 32.2. The Balaban J connectivity index is 1.46. The number of aromatic hydroxyl groups is 1. The summed E-state index contributed by atoms with van der Waals surface area (Å²) in [5, 5.41) is 32.2. The normalized spacial score (nSPS) is 12.0. The van der Waals surface area contributed by atoms with Crippen molar-refractivity contribution in [3.63, 3.8) is 0 Å². The van der Waals surface area contributed by atoms with E-state index < -0.39 is 16.1 Å². The molecule has 0 spiro atoms. The SMILES string of the molecule is CS(=O)(=O)Nc1cc(C(O)CNCCOc2ccc(-c3cccc(C#N)c3)cc2)ccc1O. The van der Waals surface area contributed by atoms with E-state index in [0.717, 1.165) is 17.4 Å². The van der Waals surface area contributed by atoms with E-state index in [1.165, 1.54) is 18.2 Å². The number of nitrogens with one attached hydrogen (secondary N) is 2. The van der Waals surface area contributed by atoms with Crippen LogP contribution in [-0.2, 0) is 10.0 Å². The number of phenolic OH excluding ortho intramolecular Hbond substituents is 1. The maximum Gasteiger partial charge on any atom is 0.229 e. The third-order valence-corrected chi connectivity index (χ3v) is 5.36. The molecule has 3 aromatic rings. The summed E-state index contributed by atoms with van der Waals surface area (Å²) in [7, 11) is -3.55. The van der Waals surface area contributed by atoms with Crippen LogP contribution in [0, 0.1) is 11.3 Å². The Hall–Kier alpha value is -3.58. The summed E-state index contributed by atoms with van der Waals surface area (Å²) in [6, 6.07) is 21.3. The van der Waals surface area contributed by atoms with Crippen LogP contribution >= 0.6 is 0 Å². The van der Waals surface area contributed by atoms with Crippen molar-refractivity contribution >= 4 is 15.7 Å². The number of sulfonamides is 1. The highest BCUT2D eigenvalue weighted by molar-refractivity contribution is 7.92. The van der Waals surface area contributed by atoms with Crippen molar-refractivity contribution in [1.82, 2.24) is 5.32 Å². The van der Waals surface area contributed by atoms with Crippen LogP contribution in [0.3, 0.4) is 0 Å². The van der Waals surface area contributed by atoms with Gasteiger partial charge in [-0.2, -0.15) is 5.26 Å². The fourth-order valence-corrected chi connectivity index (χ4v) is 3.71. The van der Waals surface area contributed by atoms with E-state index in [1.54, 1.807) is 6.07 Å².